The van der Waals surface area contributed by atoms with E-state index in [9.17, 15) is 0 Å². The summed E-state index contributed by atoms with van der Waals surface area (Å²) in [5, 5.41) is 7.41. The van der Waals surface area contributed by atoms with Crippen LogP contribution < -0.4 is 0 Å². The average molecular weight is 741 g/mol. The minimum Gasteiger partial charge on any atom is -0.255 e. The summed E-state index contributed by atoms with van der Waals surface area (Å²) >= 11 is 0. The van der Waals surface area contributed by atoms with Gasteiger partial charge in [0.1, 0.15) is 0 Å². The molecule has 10 aromatic rings. The zero-order chi connectivity index (χ0) is 38.4. The summed E-state index contributed by atoms with van der Waals surface area (Å²) in [4.78, 5) is 9.73. The van der Waals surface area contributed by atoms with Crippen molar-refractivity contribution in [2.24, 2.45) is 0 Å². The van der Waals surface area contributed by atoms with Gasteiger partial charge in [0.2, 0.25) is 0 Å². The topological polar surface area (TPSA) is 25.8 Å². The van der Waals surface area contributed by atoms with Crippen molar-refractivity contribution in [3.8, 4) is 67.2 Å². The van der Waals surface area contributed by atoms with Gasteiger partial charge in [0.25, 0.3) is 0 Å². The summed E-state index contributed by atoms with van der Waals surface area (Å²) in [6.07, 6.45) is 6.78. The number of aryl methyl sites for hydroxylation is 2. The van der Waals surface area contributed by atoms with Crippen LogP contribution in [0.1, 0.15) is 24.0 Å². The van der Waals surface area contributed by atoms with Crippen LogP contribution in [-0.2, 0) is 12.8 Å². The van der Waals surface area contributed by atoms with Gasteiger partial charge in [-0.15, -0.1) is 0 Å². The predicted molar refractivity (Wildman–Crippen MR) is 244 cm³/mol. The third kappa shape index (κ3) is 6.15. The van der Waals surface area contributed by atoms with Crippen LogP contribution in [0.2, 0.25) is 0 Å². The summed E-state index contributed by atoms with van der Waals surface area (Å²) in [5.74, 6) is 0. The maximum absolute atomic E-state index is 5.14. The smallest absolute Gasteiger partial charge is 0.0893 e. The molecule has 2 aromatic heterocycles. The van der Waals surface area contributed by atoms with E-state index in [-0.39, 0.29) is 0 Å². The van der Waals surface area contributed by atoms with Crippen LogP contribution in [0.4, 0.5) is 0 Å². The van der Waals surface area contributed by atoms with Crippen LogP contribution >= 0.6 is 0 Å². The third-order valence-corrected chi connectivity index (χ3v) is 12.1. The van der Waals surface area contributed by atoms with Crippen molar-refractivity contribution in [2.45, 2.75) is 25.7 Å². The van der Waals surface area contributed by atoms with Crippen molar-refractivity contribution in [3.05, 3.63) is 205 Å². The molecule has 0 saturated carbocycles. The lowest BCUT2D eigenvalue weighted by Crippen LogP contribution is -2.02. The second kappa shape index (κ2) is 14.4. The zero-order valence-corrected chi connectivity index (χ0v) is 32.2. The molecule has 0 fully saturated rings. The van der Waals surface area contributed by atoms with Crippen molar-refractivity contribution in [2.75, 3.05) is 0 Å². The molecule has 274 valence electrons. The van der Waals surface area contributed by atoms with E-state index in [0.29, 0.717) is 0 Å². The van der Waals surface area contributed by atoms with Crippen molar-refractivity contribution < 1.29 is 0 Å². The number of nitrogens with zero attached hydrogens (tertiary/aromatic N) is 2. The van der Waals surface area contributed by atoms with Gasteiger partial charge in [-0.25, -0.2) is 4.98 Å². The van der Waals surface area contributed by atoms with E-state index in [2.05, 4.69) is 169 Å². The highest BCUT2D eigenvalue weighted by Gasteiger charge is 2.19. The first-order chi connectivity index (χ1) is 28.7. The predicted octanol–water partition coefficient (Wildman–Crippen LogP) is 14.8. The standard InChI is InChI=1S/C56H40N2/c1-3-12-43-34-45(29-23-37(43)10-1)39-19-25-41(26-20-39)55-48-14-5-6-15-49(48)56(42-27-21-40(22-28-42)46-30-24-38-11-2-4-13-44(38)35-46)51-36-47(31-32-50(51)55)52-17-9-18-54(58-52)53-16-7-8-33-57-53/h1,3,5-10,12,14-36H,2,4,11,13H2. The molecular weight excluding hydrogens is 701 g/mol. The number of pyridine rings is 2. The van der Waals surface area contributed by atoms with Gasteiger partial charge in [0.05, 0.1) is 17.1 Å². The van der Waals surface area contributed by atoms with Crippen LogP contribution in [0.5, 0.6) is 0 Å². The van der Waals surface area contributed by atoms with Crippen LogP contribution in [0.15, 0.2) is 194 Å². The summed E-state index contributed by atoms with van der Waals surface area (Å²) in [5.41, 5.74) is 16.6. The fraction of sp³-hybridized carbons (Fsp3) is 0.0714. The van der Waals surface area contributed by atoms with Crippen LogP contribution in [0.25, 0.3) is 99.5 Å². The SMILES string of the molecule is c1ccc(-c2cccc(-c3ccc4c(-c5ccc(-c6ccc7ccccc7c6)cc5)c5ccccc5c(-c5ccc(-c6ccc7c(c6)CCCC7)cc5)c4c3)n2)nc1. The lowest BCUT2D eigenvalue weighted by Gasteiger charge is -2.19. The van der Waals surface area contributed by atoms with Crippen molar-refractivity contribution >= 4 is 32.3 Å². The molecule has 0 saturated heterocycles. The largest absolute Gasteiger partial charge is 0.255 e. The van der Waals surface area contributed by atoms with E-state index in [1.165, 1.54) is 114 Å². The molecule has 0 bridgehead atoms. The van der Waals surface area contributed by atoms with Crippen molar-refractivity contribution in [3.63, 3.8) is 0 Å². The highest BCUT2D eigenvalue weighted by molar-refractivity contribution is 6.22. The number of aromatic nitrogens is 2. The molecule has 0 atom stereocenters. The molecule has 11 rings (SSSR count). The van der Waals surface area contributed by atoms with Gasteiger partial charge >= 0.3 is 0 Å². The Kier molecular flexibility index (Phi) is 8.47. The van der Waals surface area contributed by atoms with Crippen LogP contribution in [0, 0.1) is 0 Å². The normalized spacial score (nSPS) is 12.6. The Morgan fingerprint density at radius 1 is 0.310 bits per heavy atom. The van der Waals surface area contributed by atoms with Crippen LogP contribution in [-0.4, -0.2) is 9.97 Å². The number of hydrogen-bond donors (Lipinski definition) is 0. The number of hydrogen-bond acceptors (Lipinski definition) is 2. The Hall–Kier alpha value is -7.16. The Labute approximate surface area is 339 Å². The lowest BCUT2D eigenvalue weighted by atomic mass is 9.84. The molecular formula is C56H40N2. The van der Waals surface area contributed by atoms with Gasteiger partial charge in [0, 0.05) is 11.8 Å². The first-order valence-electron chi connectivity index (χ1n) is 20.4. The summed E-state index contributed by atoms with van der Waals surface area (Å²) in [6, 6.07) is 68.8. The number of fused-ring (bicyclic) bond motifs is 4. The minimum absolute atomic E-state index is 0.863. The van der Waals surface area contributed by atoms with E-state index in [4.69, 9.17) is 4.98 Å². The van der Waals surface area contributed by atoms with E-state index >= 15 is 0 Å². The molecule has 1 aliphatic carbocycles. The van der Waals surface area contributed by atoms with Gasteiger partial charge < -0.3 is 0 Å². The van der Waals surface area contributed by atoms with Gasteiger partial charge in [-0.1, -0.05) is 152 Å². The maximum Gasteiger partial charge on any atom is 0.0893 e. The Morgan fingerprint density at radius 2 is 0.862 bits per heavy atom. The average Bonchev–Trinajstić information content (AvgIpc) is 3.31. The van der Waals surface area contributed by atoms with E-state index < -0.39 is 0 Å². The molecule has 8 aromatic carbocycles. The highest BCUT2D eigenvalue weighted by Crippen LogP contribution is 2.45. The first-order valence-corrected chi connectivity index (χ1v) is 20.4. The quantitative estimate of drug-likeness (QED) is 0.159. The fourth-order valence-electron chi connectivity index (χ4n) is 9.15. The van der Waals surface area contributed by atoms with Gasteiger partial charge in [0.15, 0.2) is 0 Å². The summed E-state index contributed by atoms with van der Waals surface area (Å²) < 4.78 is 0. The molecule has 0 aliphatic heterocycles. The Bertz CT molecular complexity index is 3140. The molecule has 2 heteroatoms. The molecule has 0 amide bonds. The monoisotopic (exact) mass is 740 g/mol. The second-order valence-electron chi connectivity index (χ2n) is 15.6. The fourth-order valence-corrected chi connectivity index (χ4v) is 9.15. The molecule has 58 heavy (non-hydrogen) atoms. The zero-order valence-electron chi connectivity index (χ0n) is 32.2. The van der Waals surface area contributed by atoms with Crippen LogP contribution in [0.3, 0.4) is 0 Å². The summed E-state index contributed by atoms with van der Waals surface area (Å²) in [7, 11) is 0. The number of rotatable bonds is 6. The molecule has 1 aliphatic rings. The summed E-state index contributed by atoms with van der Waals surface area (Å²) in [6.45, 7) is 0. The Morgan fingerprint density at radius 3 is 1.60 bits per heavy atom. The van der Waals surface area contributed by atoms with Crippen molar-refractivity contribution in [1.29, 1.82) is 0 Å². The highest BCUT2D eigenvalue weighted by atomic mass is 14.8. The minimum atomic E-state index is 0.863. The molecule has 2 heterocycles. The molecule has 0 N–H and O–H groups in total. The van der Waals surface area contributed by atoms with E-state index in [1.807, 2.05) is 30.5 Å². The van der Waals surface area contributed by atoms with Crippen molar-refractivity contribution in [1.82, 2.24) is 9.97 Å². The first kappa shape index (κ1) is 34.1. The van der Waals surface area contributed by atoms with E-state index in [1.54, 1.807) is 0 Å². The van der Waals surface area contributed by atoms with Gasteiger partial charge in [-0.3, -0.25) is 4.98 Å². The lowest BCUT2D eigenvalue weighted by molar-refractivity contribution is 0.686. The number of benzene rings is 8. The molecule has 0 radical (unpaired) electrons. The van der Waals surface area contributed by atoms with Gasteiger partial charge in [-0.2, -0.15) is 0 Å². The molecule has 0 spiro atoms. The van der Waals surface area contributed by atoms with E-state index in [0.717, 1.165) is 22.6 Å². The molecule has 0 unspecified atom stereocenters. The second-order valence-corrected chi connectivity index (χ2v) is 15.6. The third-order valence-electron chi connectivity index (χ3n) is 12.1. The maximum atomic E-state index is 5.14. The Balaban J connectivity index is 1.08. The molecule has 2 nitrogen and oxygen atoms in total. The van der Waals surface area contributed by atoms with Gasteiger partial charge in [-0.05, 0) is 150 Å².